The highest BCUT2D eigenvalue weighted by molar-refractivity contribution is 5.78. The number of nitrogens with zero attached hydrogens (tertiary/aromatic N) is 5. The van der Waals surface area contributed by atoms with Crippen molar-refractivity contribution >= 4 is 11.9 Å². The Bertz CT molecular complexity index is 1400. The molecule has 4 rings (SSSR count). The molecule has 0 amide bonds. The van der Waals surface area contributed by atoms with Gasteiger partial charge in [-0.3, -0.25) is 14.5 Å². The molecule has 1 aliphatic rings. The number of guanidine groups is 1. The predicted molar refractivity (Wildman–Crippen MR) is 150 cm³/mol. The number of hydrogen-bond donors (Lipinski definition) is 3. The second-order valence-electron chi connectivity index (χ2n) is 9.31. The molecule has 0 bridgehead atoms. The molecule has 0 saturated carbocycles. The fourth-order valence-corrected chi connectivity index (χ4v) is 4.29. The Balaban J connectivity index is 1.50. The zero-order valence-electron chi connectivity index (χ0n) is 22.7. The van der Waals surface area contributed by atoms with E-state index >= 15 is 0 Å². The van der Waals surface area contributed by atoms with Crippen molar-refractivity contribution in [2.45, 2.75) is 26.2 Å². The molecule has 1 fully saturated rings. The molecule has 1 aromatic heterocycles. The van der Waals surface area contributed by atoms with Crippen molar-refractivity contribution in [1.29, 1.82) is 0 Å². The van der Waals surface area contributed by atoms with Crippen LogP contribution < -0.4 is 32.5 Å². The SMILES string of the molecule is COc1ccc(Cn2c(NCCN=C(N)NC(C)N3CCOCC3)nc(=O)n(Cc3ccc(F)cc3)c2=O)cc1. The number of aliphatic imine (C=N–C) groups is 1. The Kier molecular flexibility index (Phi) is 9.86. The van der Waals surface area contributed by atoms with Gasteiger partial charge in [-0.15, -0.1) is 0 Å². The van der Waals surface area contributed by atoms with Crippen molar-refractivity contribution in [3.63, 3.8) is 0 Å². The monoisotopic (exact) mass is 554 g/mol. The van der Waals surface area contributed by atoms with E-state index < -0.39 is 17.2 Å². The minimum Gasteiger partial charge on any atom is -0.497 e. The largest absolute Gasteiger partial charge is 0.497 e. The maximum atomic E-state index is 13.5. The maximum Gasteiger partial charge on any atom is 0.355 e. The second-order valence-corrected chi connectivity index (χ2v) is 9.31. The van der Waals surface area contributed by atoms with E-state index in [1.54, 1.807) is 19.2 Å². The van der Waals surface area contributed by atoms with Crippen LogP contribution in [0.1, 0.15) is 18.1 Å². The van der Waals surface area contributed by atoms with E-state index in [9.17, 15) is 14.0 Å². The number of aromatic nitrogens is 3. The molecular weight excluding hydrogens is 519 g/mol. The normalized spacial score (nSPS) is 15.0. The molecule has 0 aliphatic carbocycles. The van der Waals surface area contributed by atoms with Gasteiger partial charge in [0, 0.05) is 19.6 Å². The molecule has 1 saturated heterocycles. The first-order valence-corrected chi connectivity index (χ1v) is 13.0. The molecule has 1 atom stereocenters. The van der Waals surface area contributed by atoms with Crippen LogP contribution in [-0.2, 0) is 17.8 Å². The number of hydrogen-bond acceptors (Lipinski definition) is 8. The Hall–Kier alpha value is -4.23. The highest BCUT2D eigenvalue weighted by atomic mass is 19.1. The van der Waals surface area contributed by atoms with Crippen molar-refractivity contribution in [1.82, 2.24) is 24.3 Å². The minimum absolute atomic E-state index is 0.00523. The lowest BCUT2D eigenvalue weighted by Crippen LogP contribution is -2.52. The van der Waals surface area contributed by atoms with E-state index in [-0.39, 0.29) is 38.3 Å². The van der Waals surface area contributed by atoms with Gasteiger partial charge >= 0.3 is 11.4 Å². The van der Waals surface area contributed by atoms with Crippen LogP contribution >= 0.6 is 0 Å². The third-order valence-electron chi connectivity index (χ3n) is 6.53. The Labute approximate surface area is 231 Å². The second kappa shape index (κ2) is 13.7. The van der Waals surface area contributed by atoms with Crippen molar-refractivity contribution in [2.75, 3.05) is 51.8 Å². The lowest BCUT2D eigenvalue weighted by atomic mass is 10.2. The molecule has 13 heteroatoms. The molecule has 1 aliphatic heterocycles. The van der Waals surface area contributed by atoms with Gasteiger partial charge in [-0.05, 0) is 42.3 Å². The van der Waals surface area contributed by atoms with Gasteiger partial charge in [0.2, 0.25) is 5.95 Å². The number of morpholine rings is 1. The van der Waals surface area contributed by atoms with E-state index in [0.29, 0.717) is 30.5 Å². The van der Waals surface area contributed by atoms with E-state index in [0.717, 1.165) is 23.2 Å². The Morgan fingerprint density at radius 1 is 1.07 bits per heavy atom. The van der Waals surface area contributed by atoms with E-state index in [2.05, 4.69) is 25.5 Å². The number of halogens is 1. The van der Waals surface area contributed by atoms with Crippen LogP contribution in [0.3, 0.4) is 0 Å². The first-order chi connectivity index (χ1) is 19.3. The van der Waals surface area contributed by atoms with Crippen molar-refractivity contribution in [3.8, 4) is 5.75 Å². The standard InChI is InChI=1S/C27H35FN8O4/c1-19(34-13-15-40-16-14-34)32-24(29)30-11-12-31-25-33-26(37)36(18-20-3-7-22(28)8-4-20)27(38)35(25)17-21-5-9-23(39-2)10-6-21/h3-10,19H,11-18H2,1-2H3,(H3,29,30,32)(H,31,33,37). The van der Waals surface area contributed by atoms with Gasteiger partial charge < -0.3 is 25.8 Å². The summed E-state index contributed by atoms with van der Waals surface area (Å²) in [5, 5.41) is 6.22. The molecule has 3 aromatic rings. The van der Waals surface area contributed by atoms with E-state index in [1.807, 2.05) is 19.1 Å². The highest BCUT2D eigenvalue weighted by Crippen LogP contribution is 2.13. The summed E-state index contributed by atoms with van der Waals surface area (Å²) < 4.78 is 26.4. The number of benzene rings is 2. The quantitative estimate of drug-likeness (QED) is 0.177. The maximum absolute atomic E-state index is 13.5. The number of nitrogens with one attached hydrogen (secondary N) is 2. The predicted octanol–water partition coefficient (Wildman–Crippen LogP) is 0.644. The van der Waals surface area contributed by atoms with Gasteiger partial charge in [0.05, 0.1) is 46.1 Å². The van der Waals surface area contributed by atoms with Crippen LogP contribution in [0.15, 0.2) is 63.1 Å². The van der Waals surface area contributed by atoms with Gasteiger partial charge in [0.25, 0.3) is 0 Å². The fraction of sp³-hybridized carbons (Fsp3) is 0.407. The molecule has 1 unspecified atom stereocenters. The van der Waals surface area contributed by atoms with Crippen LogP contribution in [0, 0.1) is 5.82 Å². The summed E-state index contributed by atoms with van der Waals surface area (Å²) in [6.45, 7) is 5.68. The van der Waals surface area contributed by atoms with Gasteiger partial charge in [-0.1, -0.05) is 24.3 Å². The molecule has 2 heterocycles. The van der Waals surface area contributed by atoms with Crippen LogP contribution in [-0.4, -0.2) is 77.6 Å². The minimum atomic E-state index is -0.716. The third-order valence-corrected chi connectivity index (χ3v) is 6.53. The summed E-state index contributed by atoms with van der Waals surface area (Å²) in [6.07, 6.45) is 0.00523. The zero-order chi connectivity index (χ0) is 28.5. The number of methoxy groups -OCH3 is 1. The summed E-state index contributed by atoms with van der Waals surface area (Å²) in [4.78, 5) is 37.1. The molecular formula is C27H35FN8O4. The van der Waals surface area contributed by atoms with Crippen molar-refractivity contribution in [2.24, 2.45) is 10.7 Å². The average molecular weight is 555 g/mol. The smallest absolute Gasteiger partial charge is 0.355 e. The first-order valence-electron chi connectivity index (χ1n) is 13.0. The molecule has 12 nitrogen and oxygen atoms in total. The first kappa shape index (κ1) is 28.8. The third kappa shape index (κ3) is 7.67. The highest BCUT2D eigenvalue weighted by Gasteiger charge is 2.17. The van der Waals surface area contributed by atoms with E-state index in [4.69, 9.17) is 15.2 Å². The number of ether oxygens (including phenoxy) is 2. The van der Waals surface area contributed by atoms with Crippen LogP contribution in [0.25, 0.3) is 0 Å². The Morgan fingerprint density at radius 3 is 2.35 bits per heavy atom. The summed E-state index contributed by atoms with van der Waals surface area (Å²) in [6, 6.07) is 12.9. The van der Waals surface area contributed by atoms with E-state index in [1.165, 1.54) is 28.8 Å². The summed E-state index contributed by atoms with van der Waals surface area (Å²) >= 11 is 0. The number of nitrogens with two attached hydrogens (primary N) is 1. The number of rotatable bonds is 11. The van der Waals surface area contributed by atoms with Crippen molar-refractivity contribution in [3.05, 3.63) is 86.4 Å². The summed E-state index contributed by atoms with van der Waals surface area (Å²) in [5.74, 6) is 0.685. The van der Waals surface area contributed by atoms with Crippen molar-refractivity contribution < 1.29 is 13.9 Å². The lowest BCUT2D eigenvalue weighted by molar-refractivity contribution is 0.0172. The molecule has 0 radical (unpaired) electrons. The molecule has 2 aromatic carbocycles. The van der Waals surface area contributed by atoms with Crippen LogP contribution in [0.2, 0.25) is 0 Å². The van der Waals surface area contributed by atoms with Gasteiger partial charge in [0.15, 0.2) is 5.96 Å². The lowest BCUT2D eigenvalue weighted by Gasteiger charge is -2.32. The number of anilines is 1. The van der Waals surface area contributed by atoms with Gasteiger partial charge in [-0.25, -0.2) is 18.5 Å². The molecule has 0 spiro atoms. The fourth-order valence-electron chi connectivity index (χ4n) is 4.29. The van der Waals surface area contributed by atoms with Crippen LogP contribution in [0.5, 0.6) is 5.75 Å². The molecule has 4 N–H and O–H groups in total. The zero-order valence-corrected chi connectivity index (χ0v) is 22.7. The topological polar surface area (TPSA) is 141 Å². The Morgan fingerprint density at radius 2 is 1.70 bits per heavy atom. The summed E-state index contributed by atoms with van der Waals surface area (Å²) in [5.41, 5.74) is 6.21. The molecule has 214 valence electrons. The van der Waals surface area contributed by atoms with Gasteiger partial charge in [-0.2, -0.15) is 4.98 Å². The van der Waals surface area contributed by atoms with Gasteiger partial charge in [0.1, 0.15) is 11.6 Å². The summed E-state index contributed by atoms with van der Waals surface area (Å²) in [7, 11) is 1.57. The average Bonchev–Trinajstić information content (AvgIpc) is 2.97. The molecule has 40 heavy (non-hydrogen) atoms. The van der Waals surface area contributed by atoms with Crippen LogP contribution in [0.4, 0.5) is 10.3 Å².